The lowest BCUT2D eigenvalue weighted by Gasteiger charge is -2.33. The van der Waals surface area contributed by atoms with Gasteiger partial charge in [-0.1, -0.05) is 20.8 Å². The molecule has 1 aliphatic carbocycles. The number of thiophene rings is 1. The van der Waals surface area contributed by atoms with Crippen LogP contribution in [0, 0.1) is 21.4 Å². The Morgan fingerprint density at radius 1 is 1.27 bits per heavy atom. The minimum Gasteiger partial charge on any atom is -0.378 e. The predicted octanol–water partition coefficient (Wildman–Crippen LogP) is 3.87. The average Bonchev–Trinajstić information content (AvgIpc) is 3.20. The molecular formula is C25H31N5O5S2. The van der Waals surface area contributed by atoms with Crippen LogP contribution in [0.5, 0.6) is 0 Å². The molecule has 10 nitrogen and oxygen atoms in total. The number of morpholine rings is 1. The van der Waals surface area contributed by atoms with Crippen LogP contribution in [0.2, 0.25) is 0 Å². The van der Waals surface area contributed by atoms with Crippen LogP contribution in [0.1, 0.15) is 58.3 Å². The first kappa shape index (κ1) is 27.0. The number of nitrogens with two attached hydrogens (primary N) is 1. The van der Waals surface area contributed by atoms with Crippen molar-refractivity contribution in [2.45, 2.75) is 40.0 Å². The van der Waals surface area contributed by atoms with Crippen molar-refractivity contribution in [3.8, 4) is 0 Å². The van der Waals surface area contributed by atoms with E-state index in [1.54, 1.807) is 6.07 Å². The number of nitrogens with zero attached hydrogens (tertiary/aromatic N) is 2. The Kier molecular flexibility index (Phi) is 7.81. The molecule has 1 atom stereocenters. The van der Waals surface area contributed by atoms with Crippen molar-refractivity contribution < 1.29 is 19.2 Å². The largest absolute Gasteiger partial charge is 0.378 e. The molecule has 1 fully saturated rings. The van der Waals surface area contributed by atoms with E-state index in [-0.39, 0.29) is 21.8 Å². The molecule has 2 aromatic rings. The van der Waals surface area contributed by atoms with Gasteiger partial charge in [-0.15, -0.1) is 11.3 Å². The van der Waals surface area contributed by atoms with Crippen LogP contribution in [0.3, 0.4) is 0 Å². The minimum absolute atomic E-state index is 0.0158. The Morgan fingerprint density at radius 2 is 1.97 bits per heavy atom. The maximum Gasteiger partial charge on any atom is 0.270 e. The zero-order chi connectivity index (χ0) is 26.9. The summed E-state index contributed by atoms with van der Waals surface area (Å²) in [5.41, 5.74) is 7.73. The summed E-state index contributed by atoms with van der Waals surface area (Å²) in [5, 5.41) is 17.5. The molecule has 2 heterocycles. The van der Waals surface area contributed by atoms with Crippen molar-refractivity contribution in [1.29, 1.82) is 0 Å². The number of nitro groups is 1. The second kappa shape index (κ2) is 10.7. The van der Waals surface area contributed by atoms with E-state index in [0.717, 1.165) is 29.7 Å². The highest BCUT2D eigenvalue weighted by Crippen LogP contribution is 2.44. The lowest BCUT2D eigenvalue weighted by atomic mass is 9.72. The summed E-state index contributed by atoms with van der Waals surface area (Å²) in [5.74, 6) is -0.652. The first-order chi connectivity index (χ1) is 17.5. The SMILES string of the molecule is CC(C)(C)C1CCc2c(sc(NC(=S)NC(=O)c3cc([N+](=O)[O-])ccc3N3CCOCC3)c2C(N)=O)C1. The van der Waals surface area contributed by atoms with Crippen LogP contribution < -0.4 is 21.3 Å². The number of carbonyl (C=O) groups excluding carboxylic acids is 2. The summed E-state index contributed by atoms with van der Waals surface area (Å²) >= 11 is 6.84. The lowest BCUT2D eigenvalue weighted by molar-refractivity contribution is -0.384. The summed E-state index contributed by atoms with van der Waals surface area (Å²) in [6.45, 7) is 8.74. The molecule has 1 unspecified atom stereocenters. The molecule has 2 aliphatic rings. The first-order valence-corrected chi connectivity index (χ1v) is 13.4. The molecule has 1 saturated heterocycles. The Balaban J connectivity index is 1.56. The summed E-state index contributed by atoms with van der Waals surface area (Å²) in [7, 11) is 0. The molecule has 4 rings (SSSR count). The third kappa shape index (κ3) is 5.91. The van der Waals surface area contributed by atoms with Gasteiger partial charge in [-0.2, -0.15) is 0 Å². The van der Waals surface area contributed by atoms with Crippen LogP contribution in [0.4, 0.5) is 16.4 Å². The average molecular weight is 546 g/mol. The van der Waals surface area contributed by atoms with Gasteiger partial charge in [-0.25, -0.2) is 0 Å². The molecule has 1 aromatic heterocycles. The monoisotopic (exact) mass is 545 g/mol. The topological polar surface area (TPSA) is 140 Å². The lowest BCUT2D eigenvalue weighted by Crippen LogP contribution is -2.39. The van der Waals surface area contributed by atoms with Crippen molar-refractivity contribution in [2.24, 2.45) is 17.1 Å². The van der Waals surface area contributed by atoms with Crippen molar-refractivity contribution in [2.75, 3.05) is 36.5 Å². The van der Waals surface area contributed by atoms with Crippen molar-refractivity contribution in [1.82, 2.24) is 5.32 Å². The second-order valence-electron chi connectivity index (χ2n) is 10.3. The minimum atomic E-state index is -0.586. The van der Waals surface area contributed by atoms with Gasteiger partial charge in [0.25, 0.3) is 17.5 Å². The van der Waals surface area contributed by atoms with Crippen LogP contribution in [0.25, 0.3) is 0 Å². The molecule has 1 aromatic carbocycles. The fourth-order valence-corrected chi connectivity index (χ4v) is 6.47. The Morgan fingerprint density at radius 3 is 2.59 bits per heavy atom. The highest BCUT2D eigenvalue weighted by Gasteiger charge is 2.33. The molecule has 2 amide bonds. The number of non-ortho nitro benzene ring substituents is 1. The zero-order valence-electron chi connectivity index (χ0n) is 21.1. The van der Waals surface area contributed by atoms with Gasteiger partial charge in [-0.05, 0) is 54.4 Å². The van der Waals surface area contributed by atoms with Gasteiger partial charge < -0.3 is 20.7 Å². The number of thiocarbonyl (C=S) groups is 1. The Hall–Kier alpha value is -3.09. The van der Waals surface area contributed by atoms with Gasteiger partial charge in [0.15, 0.2) is 5.11 Å². The van der Waals surface area contributed by atoms with Crippen molar-refractivity contribution >= 4 is 56.9 Å². The van der Waals surface area contributed by atoms with E-state index in [1.165, 1.54) is 23.5 Å². The molecule has 0 saturated carbocycles. The summed E-state index contributed by atoms with van der Waals surface area (Å²) in [6.07, 6.45) is 2.57. The summed E-state index contributed by atoms with van der Waals surface area (Å²) < 4.78 is 5.39. The molecule has 1 aliphatic heterocycles. The van der Waals surface area contributed by atoms with E-state index < -0.39 is 16.7 Å². The van der Waals surface area contributed by atoms with Crippen LogP contribution >= 0.6 is 23.6 Å². The number of hydrogen-bond acceptors (Lipinski definition) is 8. The maximum absolute atomic E-state index is 13.2. The van der Waals surface area contributed by atoms with E-state index in [2.05, 4.69) is 31.4 Å². The summed E-state index contributed by atoms with van der Waals surface area (Å²) in [4.78, 5) is 39.5. The van der Waals surface area contributed by atoms with Crippen LogP contribution in [-0.4, -0.2) is 48.2 Å². The standard InChI is InChI=1S/C25H31N5O5S2/c1-25(2,3)14-4-6-16-19(12-14)37-23(20(16)21(26)31)28-24(36)27-22(32)17-13-15(30(33)34)5-7-18(17)29-8-10-35-11-9-29/h5,7,13-14H,4,6,8-12H2,1-3H3,(H2,26,31)(H2,27,28,32,36). The molecular weight excluding hydrogens is 514 g/mol. The fourth-order valence-electron chi connectivity index (χ4n) is 4.88. The van der Waals surface area contributed by atoms with Gasteiger partial charge in [-0.3, -0.25) is 25.0 Å². The predicted molar refractivity (Wildman–Crippen MR) is 148 cm³/mol. The smallest absolute Gasteiger partial charge is 0.270 e. The number of hydrogen-bond donors (Lipinski definition) is 3. The number of fused-ring (bicyclic) bond motifs is 1. The van der Waals surface area contributed by atoms with Gasteiger partial charge in [0.1, 0.15) is 5.00 Å². The number of nitro benzene ring substituents is 1. The number of ether oxygens (including phenoxy) is 1. The van der Waals surface area contributed by atoms with Crippen molar-refractivity contribution in [3.63, 3.8) is 0 Å². The zero-order valence-corrected chi connectivity index (χ0v) is 22.7. The number of rotatable bonds is 5. The molecule has 4 N–H and O–H groups in total. The number of carbonyl (C=O) groups is 2. The first-order valence-electron chi connectivity index (χ1n) is 12.1. The number of nitrogens with one attached hydrogen (secondary N) is 2. The quantitative estimate of drug-likeness (QED) is 0.292. The number of amides is 2. The molecule has 0 bridgehead atoms. The van der Waals surface area contributed by atoms with E-state index in [1.807, 2.05) is 4.90 Å². The molecule has 12 heteroatoms. The number of benzene rings is 1. The van der Waals surface area contributed by atoms with E-state index in [0.29, 0.717) is 48.5 Å². The molecule has 198 valence electrons. The number of anilines is 2. The number of primary amides is 1. The van der Waals surface area contributed by atoms with Crippen LogP contribution in [-0.2, 0) is 17.6 Å². The van der Waals surface area contributed by atoms with E-state index in [4.69, 9.17) is 22.7 Å². The second-order valence-corrected chi connectivity index (χ2v) is 11.9. The van der Waals surface area contributed by atoms with Crippen molar-refractivity contribution in [3.05, 3.63) is 49.9 Å². The molecule has 0 radical (unpaired) electrons. The third-order valence-electron chi connectivity index (χ3n) is 6.98. The highest BCUT2D eigenvalue weighted by atomic mass is 32.1. The van der Waals surface area contributed by atoms with Gasteiger partial charge in [0.2, 0.25) is 0 Å². The fraction of sp³-hybridized carbons (Fsp3) is 0.480. The summed E-state index contributed by atoms with van der Waals surface area (Å²) in [6, 6.07) is 4.19. The van der Waals surface area contributed by atoms with E-state index in [9.17, 15) is 19.7 Å². The molecule has 37 heavy (non-hydrogen) atoms. The Labute approximate surface area is 224 Å². The normalized spacial score (nSPS) is 17.6. The maximum atomic E-state index is 13.2. The van der Waals surface area contributed by atoms with Crippen LogP contribution in [0.15, 0.2) is 18.2 Å². The highest BCUT2D eigenvalue weighted by molar-refractivity contribution is 7.80. The third-order valence-corrected chi connectivity index (χ3v) is 8.35. The van der Waals surface area contributed by atoms with E-state index >= 15 is 0 Å². The van der Waals surface area contributed by atoms with Gasteiger partial charge >= 0.3 is 0 Å². The Bertz CT molecular complexity index is 1250. The van der Waals surface area contributed by atoms with Gasteiger partial charge in [0.05, 0.1) is 35.0 Å². The molecule has 0 spiro atoms. The van der Waals surface area contributed by atoms with Gasteiger partial charge in [0, 0.05) is 30.1 Å².